The number of hydrogen-bond acceptors (Lipinski definition) is 7. The van der Waals surface area contributed by atoms with Crippen molar-refractivity contribution in [1.82, 2.24) is 16.4 Å². The van der Waals surface area contributed by atoms with Crippen molar-refractivity contribution in [1.29, 1.82) is 0 Å². The zero-order chi connectivity index (χ0) is 20.7. The van der Waals surface area contributed by atoms with Crippen molar-refractivity contribution >= 4 is 31.2 Å². The lowest BCUT2D eigenvalue weighted by Gasteiger charge is -2.25. The maximum Gasteiger partial charge on any atom is 0.416 e. The van der Waals surface area contributed by atoms with Crippen molar-refractivity contribution in [2.24, 2.45) is 0 Å². The summed E-state index contributed by atoms with van der Waals surface area (Å²) in [6.45, 7) is -0.230. The topological polar surface area (TPSA) is 82.6 Å². The van der Waals surface area contributed by atoms with Crippen molar-refractivity contribution in [2.45, 2.75) is 30.1 Å². The summed E-state index contributed by atoms with van der Waals surface area (Å²) in [6.07, 6.45) is 0.507. The lowest BCUT2D eigenvalue weighted by atomic mass is 10.1. The van der Waals surface area contributed by atoms with Crippen LogP contribution < -0.4 is 16.4 Å². The molecule has 0 bridgehead atoms. The van der Waals surface area contributed by atoms with E-state index in [-0.39, 0.29) is 29.2 Å². The van der Waals surface area contributed by atoms with Crippen LogP contribution in [-0.4, -0.2) is 34.2 Å². The van der Waals surface area contributed by atoms with Gasteiger partial charge >= 0.3 is 12.1 Å². The first-order valence-corrected chi connectivity index (χ1v) is 9.33. The number of carboxylic acid groups (broad SMARTS) is 1. The third kappa shape index (κ3) is 6.45. The first-order valence-electron chi connectivity index (χ1n) is 8.18. The minimum Gasteiger partial charge on any atom is -0.489 e. The van der Waals surface area contributed by atoms with Gasteiger partial charge in [-0.25, -0.2) is 10.9 Å². The Morgan fingerprint density at radius 2 is 2.04 bits per heavy atom. The van der Waals surface area contributed by atoms with E-state index in [1.54, 1.807) is 18.2 Å². The Bertz CT molecular complexity index is 744. The SMILES string of the molecule is O=C(O)[C@@H](CS)NNNC1C=CC(OCc2ccccc2C(F)(F)F)=CC1S. The van der Waals surface area contributed by atoms with Gasteiger partial charge in [-0.05, 0) is 18.2 Å². The molecule has 1 aliphatic rings. The molecular formula is C17H20F3N3O3S2. The molecule has 0 aliphatic heterocycles. The van der Waals surface area contributed by atoms with Gasteiger partial charge in [0, 0.05) is 16.6 Å². The van der Waals surface area contributed by atoms with Gasteiger partial charge in [-0.15, -0.1) is 0 Å². The van der Waals surface area contributed by atoms with Crippen LogP contribution in [0.4, 0.5) is 13.2 Å². The minimum absolute atomic E-state index is 0.0394. The largest absolute Gasteiger partial charge is 0.489 e. The number of carboxylic acids is 1. The Morgan fingerprint density at radius 3 is 2.64 bits per heavy atom. The second kappa shape index (κ2) is 10.2. The Kier molecular flexibility index (Phi) is 8.25. The standard InChI is InChI=1S/C17H20F3N3O3S2/c18-17(19,20)12-4-2-1-3-10(12)8-26-11-5-6-13(15(28)7-11)21-23-22-14(9-27)16(24)25/h1-7,13-15,21-23,27-28H,8-9H2,(H,24,25)/t13?,14-,15?/m1/s1. The van der Waals surface area contributed by atoms with E-state index in [9.17, 15) is 18.0 Å². The highest BCUT2D eigenvalue weighted by atomic mass is 32.1. The zero-order valence-corrected chi connectivity index (χ0v) is 16.3. The molecule has 1 aromatic carbocycles. The average Bonchev–Trinajstić information content (AvgIpc) is 2.64. The lowest BCUT2D eigenvalue weighted by Crippen LogP contribution is -2.56. The molecule has 4 N–H and O–H groups in total. The molecular weight excluding hydrogens is 415 g/mol. The van der Waals surface area contributed by atoms with Gasteiger partial charge < -0.3 is 9.84 Å². The monoisotopic (exact) mass is 435 g/mol. The molecule has 0 radical (unpaired) electrons. The maximum absolute atomic E-state index is 13.0. The summed E-state index contributed by atoms with van der Waals surface area (Å²) >= 11 is 8.33. The Labute approximate surface area is 171 Å². The molecule has 0 saturated carbocycles. The molecule has 0 saturated heterocycles. The first-order chi connectivity index (χ1) is 13.2. The fraction of sp³-hybridized carbons (Fsp3) is 0.353. The number of alkyl halides is 3. The number of benzene rings is 1. The molecule has 0 spiro atoms. The highest BCUT2D eigenvalue weighted by molar-refractivity contribution is 7.81. The van der Waals surface area contributed by atoms with E-state index >= 15 is 0 Å². The molecule has 6 nitrogen and oxygen atoms in total. The molecule has 0 fully saturated rings. The van der Waals surface area contributed by atoms with Crippen molar-refractivity contribution in [3.05, 3.63) is 59.4 Å². The van der Waals surface area contributed by atoms with Gasteiger partial charge in [-0.3, -0.25) is 4.79 Å². The summed E-state index contributed by atoms with van der Waals surface area (Å²) in [5, 5.41) is 8.56. The van der Waals surface area contributed by atoms with E-state index in [0.717, 1.165) is 6.07 Å². The summed E-state index contributed by atoms with van der Waals surface area (Å²) in [4.78, 5) is 10.9. The Hall–Kier alpha value is -1.66. The van der Waals surface area contributed by atoms with Crippen molar-refractivity contribution in [3.63, 3.8) is 0 Å². The molecule has 0 aromatic heterocycles. The normalized spacial score (nSPS) is 20.5. The van der Waals surface area contributed by atoms with Crippen LogP contribution in [-0.2, 0) is 22.3 Å². The second-order valence-electron chi connectivity index (χ2n) is 5.88. The number of halogens is 3. The van der Waals surface area contributed by atoms with Gasteiger partial charge in [0.2, 0.25) is 0 Å². The number of nitrogens with one attached hydrogen (secondary N) is 3. The summed E-state index contributed by atoms with van der Waals surface area (Å²) < 4.78 is 44.5. The summed E-state index contributed by atoms with van der Waals surface area (Å²) in [5.74, 6) is -0.575. The molecule has 2 unspecified atom stereocenters. The third-order valence-corrected chi connectivity index (χ3v) is 4.69. The van der Waals surface area contributed by atoms with Crippen LogP contribution in [0.3, 0.4) is 0 Å². The molecule has 0 amide bonds. The lowest BCUT2D eigenvalue weighted by molar-refractivity contribution is -0.139. The molecule has 11 heteroatoms. The fourth-order valence-corrected chi connectivity index (χ4v) is 2.92. The zero-order valence-electron chi connectivity index (χ0n) is 14.5. The van der Waals surface area contributed by atoms with E-state index in [4.69, 9.17) is 9.84 Å². The number of hydrogen-bond donors (Lipinski definition) is 6. The van der Waals surface area contributed by atoms with E-state index in [1.165, 1.54) is 18.2 Å². The van der Waals surface area contributed by atoms with Crippen LogP contribution in [0.5, 0.6) is 0 Å². The smallest absolute Gasteiger partial charge is 0.416 e. The van der Waals surface area contributed by atoms with Gasteiger partial charge in [-0.1, -0.05) is 24.3 Å². The van der Waals surface area contributed by atoms with Crippen LogP contribution in [0.25, 0.3) is 0 Å². The number of aliphatic carboxylic acids is 1. The predicted octanol–water partition coefficient (Wildman–Crippen LogP) is 2.32. The summed E-state index contributed by atoms with van der Waals surface area (Å²) in [7, 11) is 0. The number of hydrazine groups is 2. The second-order valence-corrected chi connectivity index (χ2v) is 6.84. The van der Waals surface area contributed by atoms with Crippen LogP contribution in [0.1, 0.15) is 11.1 Å². The van der Waals surface area contributed by atoms with Crippen molar-refractivity contribution in [3.8, 4) is 0 Å². The fourth-order valence-electron chi connectivity index (χ4n) is 2.35. The van der Waals surface area contributed by atoms with Crippen LogP contribution in [0.2, 0.25) is 0 Å². The Balaban J connectivity index is 1.88. The quantitative estimate of drug-likeness (QED) is 0.264. The molecule has 3 atom stereocenters. The molecule has 154 valence electrons. The number of rotatable bonds is 9. The van der Waals surface area contributed by atoms with Crippen molar-refractivity contribution in [2.75, 3.05) is 5.75 Å². The Morgan fingerprint density at radius 1 is 1.32 bits per heavy atom. The highest BCUT2D eigenvalue weighted by Crippen LogP contribution is 2.32. The molecule has 2 rings (SSSR count). The predicted molar refractivity (Wildman–Crippen MR) is 105 cm³/mol. The van der Waals surface area contributed by atoms with E-state index in [2.05, 4.69) is 41.6 Å². The van der Waals surface area contributed by atoms with Crippen LogP contribution in [0.15, 0.2) is 48.3 Å². The van der Waals surface area contributed by atoms with Crippen LogP contribution in [0, 0.1) is 0 Å². The molecule has 0 heterocycles. The number of ether oxygens (including phenoxy) is 1. The minimum atomic E-state index is -4.45. The van der Waals surface area contributed by atoms with E-state index < -0.39 is 23.8 Å². The van der Waals surface area contributed by atoms with Crippen molar-refractivity contribution < 1.29 is 27.8 Å². The van der Waals surface area contributed by atoms with Gasteiger partial charge in [-0.2, -0.15) is 44.0 Å². The maximum atomic E-state index is 13.0. The van der Waals surface area contributed by atoms with Gasteiger partial charge in [0.15, 0.2) is 0 Å². The highest BCUT2D eigenvalue weighted by Gasteiger charge is 2.33. The summed E-state index contributed by atoms with van der Waals surface area (Å²) in [6, 6.07) is 4.04. The molecule has 1 aromatic rings. The number of carbonyl (C=O) groups is 1. The van der Waals surface area contributed by atoms with Gasteiger partial charge in [0.05, 0.1) is 11.6 Å². The average molecular weight is 435 g/mol. The van der Waals surface area contributed by atoms with E-state index in [1.807, 2.05) is 0 Å². The van der Waals surface area contributed by atoms with E-state index in [0.29, 0.717) is 5.76 Å². The van der Waals surface area contributed by atoms with Gasteiger partial charge in [0.25, 0.3) is 0 Å². The molecule has 28 heavy (non-hydrogen) atoms. The first kappa shape index (κ1) is 22.6. The number of thiol groups is 2. The number of allylic oxidation sites excluding steroid dienone is 1. The third-order valence-electron chi connectivity index (χ3n) is 3.85. The van der Waals surface area contributed by atoms with Crippen LogP contribution >= 0.6 is 25.3 Å². The summed E-state index contributed by atoms with van der Waals surface area (Å²) in [5.41, 5.74) is 7.29. The van der Waals surface area contributed by atoms with Gasteiger partial charge in [0.1, 0.15) is 18.4 Å². The molecule has 1 aliphatic carbocycles.